The molecule has 0 aromatic heterocycles. The van der Waals surface area contributed by atoms with Crippen molar-refractivity contribution in [1.82, 2.24) is 0 Å². The molecular formula is C21H25ClN2O4S. The summed E-state index contributed by atoms with van der Waals surface area (Å²) in [6, 6.07) is 12.1. The average molecular weight is 437 g/mol. The second-order valence-electron chi connectivity index (χ2n) is 7.27. The Kier molecular flexibility index (Phi) is 7.03. The van der Waals surface area contributed by atoms with Crippen LogP contribution in [0.2, 0.25) is 5.02 Å². The summed E-state index contributed by atoms with van der Waals surface area (Å²) in [6.07, 6.45) is 6.85. The van der Waals surface area contributed by atoms with Crippen LogP contribution in [0, 0.1) is 0 Å². The summed E-state index contributed by atoms with van der Waals surface area (Å²) < 4.78 is 31.2. The minimum atomic E-state index is -3.46. The number of hydrogen-bond donors (Lipinski definition) is 2. The molecule has 29 heavy (non-hydrogen) atoms. The van der Waals surface area contributed by atoms with Gasteiger partial charge in [-0.15, -0.1) is 0 Å². The highest BCUT2D eigenvalue weighted by Crippen LogP contribution is 2.38. The van der Waals surface area contributed by atoms with E-state index in [0.29, 0.717) is 28.1 Å². The lowest BCUT2D eigenvalue weighted by atomic mass is 9.84. The zero-order valence-corrected chi connectivity index (χ0v) is 17.9. The van der Waals surface area contributed by atoms with Gasteiger partial charge in [0.2, 0.25) is 10.0 Å². The molecule has 3 rings (SSSR count). The number of carbonyl (C=O) groups is 1. The Balaban J connectivity index is 1.68. The predicted molar refractivity (Wildman–Crippen MR) is 116 cm³/mol. The van der Waals surface area contributed by atoms with E-state index >= 15 is 0 Å². The van der Waals surface area contributed by atoms with E-state index in [4.69, 9.17) is 16.3 Å². The maximum Gasteiger partial charge on any atom is 0.262 e. The van der Waals surface area contributed by atoms with Gasteiger partial charge in [-0.25, -0.2) is 8.42 Å². The van der Waals surface area contributed by atoms with E-state index in [0.717, 1.165) is 24.7 Å². The SMILES string of the molecule is CS(=O)(=O)Nc1ccccc1NC(=O)COc1ccc(Cl)cc1C1CCCCC1. The van der Waals surface area contributed by atoms with Gasteiger partial charge >= 0.3 is 0 Å². The molecule has 6 nitrogen and oxygen atoms in total. The molecule has 0 bridgehead atoms. The second-order valence-corrected chi connectivity index (χ2v) is 9.46. The molecule has 0 unspecified atom stereocenters. The number of ether oxygens (including phenoxy) is 1. The van der Waals surface area contributed by atoms with Gasteiger partial charge < -0.3 is 10.1 Å². The first-order chi connectivity index (χ1) is 13.8. The number of anilines is 2. The van der Waals surface area contributed by atoms with Crippen LogP contribution < -0.4 is 14.8 Å². The van der Waals surface area contributed by atoms with E-state index in [1.54, 1.807) is 36.4 Å². The molecule has 0 radical (unpaired) electrons. The summed E-state index contributed by atoms with van der Waals surface area (Å²) >= 11 is 6.19. The molecule has 1 aliphatic rings. The maximum atomic E-state index is 12.4. The van der Waals surface area contributed by atoms with E-state index in [1.807, 2.05) is 6.07 Å². The van der Waals surface area contributed by atoms with Crippen molar-refractivity contribution < 1.29 is 17.9 Å². The lowest BCUT2D eigenvalue weighted by Crippen LogP contribution is -2.22. The summed E-state index contributed by atoms with van der Waals surface area (Å²) in [5.41, 5.74) is 1.72. The fraction of sp³-hybridized carbons (Fsp3) is 0.381. The van der Waals surface area contributed by atoms with Crippen LogP contribution in [0.15, 0.2) is 42.5 Å². The van der Waals surface area contributed by atoms with Gasteiger partial charge in [-0.05, 0) is 54.7 Å². The highest BCUT2D eigenvalue weighted by atomic mass is 35.5. The molecule has 0 atom stereocenters. The molecule has 1 amide bonds. The third-order valence-electron chi connectivity index (χ3n) is 4.87. The van der Waals surface area contributed by atoms with Gasteiger partial charge in [0.15, 0.2) is 6.61 Å². The first kappa shape index (κ1) is 21.5. The van der Waals surface area contributed by atoms with E-state index in [-0.39, 0.29) is 12.5 Å². The van der Waals surface area contributed by atoms with Gasteiger partial charge in [0.1, 0.15) is 5.75 Å². The Morgan fingerprint density at radius 1 is 1.10 bits per heavy atom. The van der Waals surface area contributed by atoms with Crippen molar-refractivity contribution in [3.8, 4) is 5.75 Å². The van der Waals surface area contributed by atoms with Crippen molar-refractivity contribution in [3.05, 3.63) is 53.1 Å². The third-order valence-corrected chi connectivity index (χ3v) is 5.70. The number of para-hydroxylation sites is 2. The summed E-state index contributed by atoms with van der Waals surface area (Å²) in [6.45, 7) is -0.186. The van der Waals surface area contributed by atoms with Crippen LogP contribution in [-0.2, 0) is 14.8 Å². The lowest BCUT2D eigenvalue weighted by Gasteiger charge is -2.24. The van der Waals surface area contributed by atoms with Crippen molar-refractivity contribution in [2.45, 2.75) is 38.0 Å². The van der Waals surface area contributed by atoms with E-state index in [9.17, 15) is 13.2 Å². The molecule has 2 N–H and O–H groups in total. The van der Waals surface area contributed by atoms with Crippen LogP contribution in [0.4, 0.5) is 11.4 Å². The molecule has 2 aromatic rings. The number of halogens is 1. The number of sulfonamides is 1. The molecule has 8 heteroatoms. The fourth-order valence-electron chi connectivity index (χ4n) is 3.59. The molecule has 0 aliphatic heterocycles. The van der Waals surface area contributed by atoms with Crippen LogP contribution in [0.1, 0.15) is 43.6 Å². The molecule has 0 spiro atoms. The summed E-state index contributed by atoms with van der Waals surface area (Å²) in [4.78, 5) is 12.4. The molecular weight excluding hydrogens is 412 g/mol. The molecule has 0 saturated heterocycles. The Morgan fingerprint density at radius 3 is 2.48 bits per heavy atom. The van der Waals surface area contributed by atoms with Crippen LogP contribution in [-0.4, -0.2) is 27.2 Å². The molecule has 2 aromatic carbocycles. The zero-order chi connectivity index (χ0) is 20.9. The van der Waals surface area contributed by atoms with E-state index < -0.39 is 10.0 Å². The highest BCUT2D eigenvalue weighted by molar-refractivity contribution is 7.92. The Hall–Kier alpha value is -2.25. The van der Waals surface area contributed by atoms with Crippen molar-refractivity contribution in [2.24, 2.45) is 0 Å². The number of rotatable bonds is 7. The van der Waals surface area contributed by atoms with Gasteiger partial charge in [-0.1, -0.05) is 43.0 Å². The Bertz CT molecular complexity index is 972. The van der Waals surface area contributed by atoms with Crippen molar-refractivity contribution in [3.63, 3.8) is 0 Å². The fourth-order valence-corrected chi connectivity index (χ4v) is 4.35. The van der Waals surface area contributed by atoms with Gasteiger partial charge in [0, 0.05) is 5.02 Å². The lowest BCUT2D eigenvalue weighted by molar-refractivity contribution is -0.118. The van der Waals surface area contributed by atoms with Crippen molar-refractivity contribution in [2.75, 3.05) is 22.9 Å². The van der Waals surface area contributed by atoms with Crippen LogP contribution >= 0.6 is 11.6 Å². The molecule has 156 valence electrons. The average Bonchev–Trinajstić information content (AvgIpc) is 2.68. The van der Waals surface area contributed by atoms with Crippen molar-refractivity contribution in [1.29, 1.82) is 0 Å². The summed E-state index contributed by atoms with van der Waals surface area (Å²) in [5, 5.41) is 3.35. The zero-order valence-electron chi connectivity index (χ0n) is 16.3. The monoisotopic (exact) mass is 436 g/mol. The molecule has 1 saturated carbocycles. The standard InChI is InChI=1S/C21H25ClN2O4S/c1-29(26,27)24-19-10-6-5-9-18(19)23-21(25)14-28-20-12-11-16(22)13-17(20)15-7-3-2-4-8-15/h5-6,9-13,15,24H,2-4,7-8,14H2,1H3,(H,23,25). The first-order valence-corrected chi connectivity index (χ1v) is 11.9. The van der Waals surface area contributed by atoms with Gasteiger partial charge in [0.05, 0.1) is 17.6 Å². The first-order valence-electron chi connectivity index (χ1n) is 9.61. The second kappa shape index (κ2) is 9.50. The maximum absolute atomic E-state index is 12.4. The van der Waals surface area contributed by atoms with Gasteiger partial charge in [-0.3, -0.25) is 9.52 Å². The van der Waals surface area contributed by atoms with Crippen LogP contribution in [0.25, 0.3) is 0 Å². The van der Waals surface area contributed by atoms with Crippen LogP contribution in [0.5, 0.6) is 5.75 Å². The normalized spacial score (nSPS) is 15.0. The number of carbonyl (C=O) groups excluding carboxylic acids is 1. The van der Waals surface area contributed by atoms with E-state index in [2.05, 4.69) is 10.0 Å². The molecule has 0 heterocycles. The highest BCUT2D eigenvalue weighted by Gasteiger charge is 2.20. The van der Waals surface area contributed by atoms with Gasteiger partial charge in [0.25, 0.3) is 5.91 Å². The quantitative estimate of drug-likeness (QED) is 0.654. The number of amides is 1. The number of nitrogens with one attached hydrogen (secondary N) is 2. The topological polar surface area (TPSA) is 84.5 Å². The Labute approximate surface area is 176 Å². The largest absolute Gasteiger partial charge is 0.483 e. The van der Waals surface area contributed by atoms with Crippen molar-refractivity contribution >= 4 is 38.9 Å². The third kappa shape index (κ3) is 6.37. The molecule has 1 fully saturated rings. The summed E-state index contributed by atoms with van der Waals surface area (Å²) in [5.74, 6) is 0.677. The van der Waals surface area contributed by atoms with E-state index in [1.165, 1.54) is 19.3 Å². The minimum absolute atomic E-state index is 0.186. The molecule has 1 aliphatic carbocycles. The number of benzene rings is 2. The Morgan fingerprint density at radius 2 is 1.79 bits per heavy atom. The predicted octanol–water partition coefficient (Wildman–Crippen LogP) is 4.78. The smallest absolute Gasteiger partial charge is 0.262 e. The summed E-state index contributed by atoms with van der Waals surface area (Å²) in [7, 11) is -3.46. The van der Waals surface area contributed by atoms with Crippen LogP contribution in [0.3, 0.4) is 0 Å². The van der Waals surface area contributed by atoms with Gasteiger partial charge in [-0.2, -0.15) is 0 Å². The number of hydrogen-bond acceptors (Lipinski definition) is 4. The minimum Gasteiger partial charge on any atom is -0.483 e.